The Labute approximate surface area is 181 Å². The summed E-state index contributed by atoms with van der Waals surface area (Å²) in [7, 11) is 0. The van der Waals surface area contributed by atoms with Crippen LogP contribution in [0.2, 0.25) is 5.02 Å². The van der Waals surface area contributed by atoms with Crippen LogP contribution >= 0.6 is 11.6 Å². The van der Waals surface area contributed by atoms with Crippen LogP contribution in [0.1, 0.15) is 25.7 Å². The molecule has 0 amide bonds. The van der Waals surface area contributed by atoms with Crippen molar-refractivity contribution in [3.63, 3.8) is 0 Å². The second-order valence-electron chi connectivity index (χ2n) is 8.30. The van der Waals surface area contributed by atoms with E-state index in [0.29, 0.717) is 5.02 Å². The van der Waals surface area contributed by atoms with E-state index in [9.17, 15) is 0 Å². The van der Waals surface area contributed by atoms with E-state index in [1.54, 1.807) is 23.3 Å². The van der Waals surface area contributed by atoms with Crippen LogP contribution < -0.4 is 10.2 Å². The number of nitrogens with one attached hydrogen (secondary N) is 1. The quantitative estimate of drug-likeness (QED) is 0.617. The predicted molar refractivity (Wildman–Crippen MR) is 118 cm³/mol. The van der Waals surface area contributed by atoms with Gasteiger partial charge in [-0.25, -0.2) is 14.6 Å². The number of nitrogens with zero attached hydrogens (tertiary/aromatic N) is 6. The van der Waals surface area contributed by atoms with E-state index in [-0.39, 0.29) is 0 Å². The van der Waals surface area contributed by atoms with Gasteiger partial charge in [-0.3, -0.25) is 0 Å². The van der Waals surface area contributed by atoms with Gasteiger partial charge in [-0.15, -0.1) is 5.10 Å². The lowest BCUT2D eigenvalue weighted by atomic mass is 9.90. The molecule has 3 aromatic rings. The molecule has 7 nitrogen and oxygen atoms in total. The summed E-state index contributed by atoms with van der Waals surface area (Å²) in [5, 5.41) is 12.0. The average molecular weight is 424 g/mol. The third-order valence-corrected chi connectivity index (χ3v) is 6.61. The van der Waals surface area contributed by atoms with Crippen LogP contribution in [0.15, 0.2) is 49.1 Å². The molecular weight excluding hydrogens is 398 g/mol. The van der Waals surface area contributed by atoms with Crippen molar-refractivity contribution in [2.24, 2.45) is 17.8 Å². The Morgan fingerprint density at radius 1 is 1.07 bits per heavy atom. The number of benzene rings is 1. The molecule has 0 unspecified atom stereocenters. The molecule has 0 radical (unpaired) electrons. The summed E-state index contributed by atoms with van der Waals surface area (Å²) in [4.78, 5) is 11.0. The topological polar surface area (TPSA) is 71.8 Å². The van der Waals surface area contributed by atoms with Gasteiger partial charge >= 0.3 is 0 Å². The van der Waals surface area contributed by atoms with Gasteiger partial charge in [0, 0.05) is 25.3 Å². The lowest BCUT2D eigenvalue weighted by Gasteiger charge is -2.32. The molecule has 5 rings (SSSR count). The third-order valence-electron chi connectivity index (χ3n) is 6.41. The van der Waals surface area contributed by atoms with E-state index in [0.717, 1.165) is 54.7 Å². The zero-order chi connectivity index (χ0) is 20.3. The molecule has 3 heterocycles. The van der Waals surface area contributed by atoms with Gasteiger partial charge in [-0.05, 0) is 67.7 Å². The Bertz CT molecular complexity index is 935. The van der Waals surface area contributed by atoms with E-state index in [2.05, 4.69) is 54.8 Å². The maximum absolute atomic E-state index is 5.89. The highest BCUT2D eigenvalue weighted by Gasteiger charge is 2.43. The molecule has 0 bridgehead atoms. The predicted octanol–water partition coefficient (Wildman–Crippen LogP) is 4.07. The molecule has 0 spiro atoms. The van der Waals surface area contributed by atoms with E-state index < -0.39 is 0 Å². The number of hydrogen-bond acceptors (Lipinski definition) is 6. The highest BCUT2D eigenvalue weighted by atomic mass is 35.5. The summed E-state index contributed by atoms with van der Waals surface area (Å²) >= 11 is 5.89. The fourth-order valence-electron chi connectivity index (χ4n) is 4.66. The van der Waals surface area contributed by atoms with Gasteiger partial charge in [-0.2, -0.15) is 0 Å². The third kappa shape index (κ3) is 4.41. The van der Waals surface area contributed by atoms with E-state index in [4.69, 9.17) is 11.6 Å². The van der Waals surface area contributed by atoms with Crippen LogP contribution in [0.3, 0.4) is 0 Å². The Morgan fingerprint density at radius 3 is 2.53 bits per heavy atom. The zero-order valence-electron chi connectivity index (χ0n) is 16.9. The largest absolute Gasteiger partial charge is 0.385 e. The van der Waals surface area contributed by atoms with Crippen molar-refractivity contribution in [3.8, 4) is 5.69 Å². The number of anilines is 2. The first-order valence-electron chi connectivity index (χ1n) is 10.7. The van der Waals surface area contributed by atoms with Crippen LogP contribution in [0.5, 0.6) is 0 Å². The Balaban J connectivity index is 1.03. The maximum atomic E-state index is 5.89. The maximum Gasteiger partial charge on any atom is 0.225 e. The molecule has 30 heavy (non-hydrogen) atoms. The van der Waals surface area contributed by atoms with Gasteiger partial charge in [0.15, 0.2) is 0 Å². The number of halogens is 1. The van der Waals surface area contributed by atoms with Gasteiger partial charge in [0.2, 0.25) is 5.95 Å². The van der Waals surface area contributed by atoms with Crippen molar-refractivity contribution in [2.45, 2.75) is 25.7 Å². The van der Waals surface area contributed by atoms with Crippen LogP contribution in [-0.2, 0) is 0 Å². The van der Waals surface area contributed by atoms with Crippen LogP contribution in [0.25, 0.3) is 5.69 Å². The van der Waals surface area contributed by atoms with Gasteiger partial charge < -0.3 is 10.2 Å². The minimum absolute atomic E-state index is 0.592. The molecule has 1 aliphatic carbocycles. The second-order valence-corrected chi connectivity index (χ2v) is 8.73. The second kappa shape index (κ2) is 8.60. The molecule has 2 aliphatic rings. The standard InChI is InChI=1S/C22H26ClN7/c23-18-14-25-22(26-15-18)29-10-6-16(7-11-29)21-13-17(21)5-8-24-19-1-3-20(4-2-19)30-12-9-27-28-30/h1-4,9,12,14-17,21,24H,5-8,10-11,13H2/t17-,21-/m1/s1. The van der Waals surface area contributed by atoms with E-state index in [1.807, 2.05) is 6.20 Å². The van der Waals surface area contributed by atoms with E-state index >= 15 is 0 Å². The molecule has 2 aromatic heterocycles. The SMILES string of the molecule is Clc1cnc(N2CCC([C@H]3C[C@H]3CCNc3ccc(-n4ccnn4)cc3)CC2)nc1. The summed E-state index contributed by atoms with van der Waals surface area (Å²) in [5.74, 6) is 3.43. The minimum Gasteiger partial charge on any atom is -0.385 e. The molecule has 2 fully saturated rings. The molecule has 1 aromatic carbocycles. The summed E-state index contributed by atoms with van der Waals surface area (Å²) in [6.07, 6.45) is 12.0. The smallest absolute Gasteiger partial charge is 0.225 e. The summed E-state index contributed by atoms with van der Waals surface area (Å²) < 4.78 is 1.77. The highest BCUT2D eigenvalue weighted by Crippen LogP contribution is 2.49. The van der Waals surface area contributed by atoms with Crippen molar-refractivity contribution in [1.29, 1.82) is 0 Å². The fourth-order valence-corrected chi connectivity index (χ4v) is 4.75. The first-order chi connectivity index (χ1) is 14.8. The lowest BCUT2D eigenvalue weighted by molar-refractivity contribution is 0.343. The van der Waals surface area contributed by atoms with Crippen LogP contribution in [0.4, 0.5) is 11.6 Å². The lowest BCUT2D eigenvalue weighted by Crippen LogP contribution is -2.35. The van der Waals surface area contributed by atoms with Crippen molar-refractivity contribution >= 4 is 23.2 Å². The number of piperidine rings is 1. The fraction of sp³-hybridized carbons (Fsp3) is 0.455. The van der Waals surface area contributed by atoms with Crippen LogP contribution in [0, 0.1) is 17.8 Å². The van der Waals surface area contributed by atoms with Gasteiger partial charge in [-0.1, -0.05) is 16.8 Å². The molecular formula is C22H26ClN7. The van der Waals surface area contributed by atoms with Crippen molar-refractivity contribution < 1.29 is 0 Å². The van der Waals surface area contributed by atoms with Crippen molar-refractivity contribution in [1.82, 2.24) is 25.0 Å². The van der Waals surface area contributed by atoms with Crippen molar-refractivity contribution in [3.05, 3.63) is 54.1 Å². The molecule has 1 N–H and O–H groups in total. The first kappa shape index (κ1) is 19.3. The zero-order valence-corrected chi connectivity index (χ0v) is 17.6. The van der Waals surface area contributed by atoms with E-state index in [1.165, 1.54) is 25.7 Å². The van der Waals surface area contributed by atoms with Crippen LogP contribution in [-0.4, -0.2) is 44.6 Å². The van der Waals surface area contributed by atoms with Crippen molar-refractivity contribution in [2.75, 3.05) is 29.9 Å². The molecule has 2 atom stereocenters. The highest BCUT2D eigenvalue weighted by molar-refractivity contribution is 6.30. The number of aromatic nitrogens is 5. The molecule has 8 heteroatoms. The van der Waals surface area contributed by atoms with Gasteiger partial charge in [0.1, 0.15) is 0 Å². The number of rotatable bonds is 7. The summed E-state index contributed by atoms with van der Waals surface area (Å²) in [5.41, 5.74) is 2.18. The van der Waals surface area contributed by atoms with Gasteiger partial charge in [0.05, 0.1) is 35.5 Å². The minimum atomic E-state index is 0.592. The Kier molecular flexibility index (Phi) is 5.53. The summed E-state index contributed by atoms with van der Waals surface area (Å²) in [6.45, 7) is 3.12. The Morgan fingerprint density at radius 2 is 1.83 bits per heavy atom. The summed E-state index contributed by atoms with van der Waals surface area (Å²) in [6, 6.07) is 8.34. The first-order valence-corrected chi connectivity index (χ1v) is 11.1. The number of hydrogen-bond donors (Lipinski definition) is 1. The average Bonchev–Trinajstić information content (AvgIpc) is 3.34. The molecule has 156 valence electrons. The van der Waals surface area contributed by atoms with Gasteiger partial charge in [0.25, 0.3) is 0 Å². The monoisotopic (exact) mass is 423 g/mol. The molecule has 1 saturated carbocycles. The Hall–Kier alpha value is -2.67. The molecule has 1 aliphatic heterocycles. The normalized spacial score (nSPS) is 21.6. The molecule has 1 saturated heterocycles.